The standard InChI is InChI=1S/C15H29N/c1-12-7-6-8-13(2)14(12)16-11-15(3)9-4-5-10-15/h12-14,16H,4-11H2,1-3H3. The van der Waals surface area contributed by atoms with Crippen molar-refractivity contribution in [1.29, 1.82) is 0 Å². The van der Waals surface area contributed by atoms with Gasteiger partial charge in [-0.2, -0.15) is 0 Å². The predicted molar refractivity (Wildman–Crippen MR) is 70.5 cm³/mol. The van der Waals surface area contributed by atoms with Crippen molar-refractivity contribution in [3.8, 4) is 0 Å². The highest BCUT2D eigenvalue weighted by Gasteiger charge is 2.32. The fourth-order valence-electron chi connectivity index (χ4n) is 3.85. The molecule has 2 atom stereocenters. The minimum Gasteiger partial charge on any atom is -0.313 e. The van der Waals surface area contributed by atoms with Gasteiger partial charge in [-0.25, -0.2) is 0 Å². The average Bonchev–Trinajstić information content (AvgIpc) is 2.65. The van der Waals surface area contributed by atoms with Crippen LogP contribution in [0.5, 0.6) is 0 Å². The molecule has 1 heteroatoms. The van der Waals surface area contributed by atoms with Crippen molar-refractivity contribution in [2.24, 2.45) is 17.3 Å². The fraction of sp³-hybridized carbons (Fsp3) is 1.00. The third-order valence-electron chi connectivity index (χ3n) is 5.12. The van der Waals surface area contributed by atoms with Gasteiger partial charge in [-0.3, -0.25) is 0 Å². The second kappa shape index (κ2) is 5.08. The van der Waals surface area contributed by atoms with E-state index in [2.05, 4.69) is 26.1 Å². The van der Waals surface area contributed by atoms with Crippen LogP contribution in [0.15, 0.2) is 0 Å². The lowest BCUT2D eigenvalue weighted by atomic mass is 9.78. The molecule has 2 saturated carbocycles. The van der Waals surface area contributed by atoms with E-state index >= 15 is 0 Å². The van der Waals surface area contributed by atoms with Crippen LogP contribution in [0.4, 0.5) is 0 Å². The molecule has 2 aliphatic carbocycles. The molecule has 2 fully saturated rings. The van der Waals surface area contributed by atoms with Crippen LogP contribution in [0, 0.1) is 17.3 Å². The smallest absolute Gasteiger partial charge is 0.0118 e. The lowest BCUT2D eigenvalue weighted by Gasteiger charge is -2.38. The van der Waals surface area contributed by atoms with E-state index in [4.69, 9.17) is 0 Å². The van der Waals surface area contributed by atoms with Crippen LogP contribution in [-0.4, -0.2) is 12.6 Å². The van der Waals surface area contributed by atoms with Gasteiger partial charge in [0.25, 0.3) is 0 Å². The van der Waals surface area contributed by atoms with E-state index in [0.717, 1.165) is 17.9 Å². The van der Waals surface area contributed by atoms with Gasteiger partial charge in [0.15, 0.2) is 0 Å². The number of rotatable bonds is 3. The maximum atomic E-state index is 3.90. The minimum absolute atomic E-state index is 0.608. The average molecular weight is 223 g/mol. The van der Waals surface area contributed by atoms with Crippen LogP contribution in [0.1, 0.15) is 65.7 Å². The van der Waals surface area contributed by atoms with Crippen molar-refractivity contribution in [3.05, 3.63) is 0 Å². The van der Waals surface area contributed by atoms with Gasteiger partial charge in [-0.1, -0.05) is 40.0 Å². The van der Waals surface area contributed by atoms with E-state index in [9.17, 15) is 0 Å². The summed E-state index contributed by atoms with van der Waals surface area (Å²) in [6.07, 6.45) is 10.1. The second-order valence-corrected chi connectivity index (χ2v) is 6.81. The Balaban J connectivity index is 1.83. The molecule has 2 aliphatic rings. The van der Waals surface area contributed by atoms with Crippen LogP contribution in [0.25, 0.3) is 0 Å². The molecule has 1 nitrogen and oxygen atoms in total. The zero-order valence-electron chi connectivity index (χ0n) is 11.4. The number of nitrogens with one attached hydrogen (secondary N) is 1. The first-order valence-corrected chi connectivity index (χ1v) is 7.34. The fourth-order valence-corrected chi connectivity index (χ4v) is 3.85. The molecule has 2 rings (SSSR count). The molecule has 0 saturated heterocycles. The zero-order chi connectivity index (χ0) is 11.6. The van der Waals surface area contributed by atoms with Crippen LogP contribution < -0.4 is 5.32 Å². The molecule has 0 bridgehead atoms. The summed E-state index contributed by atoms with van der Waals surface area (Å²) in [4.78, 5) is 0. The molecule has 0 spiro atoms. The third kappa shape index (κ3) is 2.80. The monoisotopic (exact) mass is 223 g/mol. The van der Waals surface area contributed by atoms with E-state index in [1.807, 2.05) is 0 Å². The van der Waals surface area contributed by atoms with Crippen molar-refractivity contribution >= 4 is 0 Å². The summed E-state index contributed by atoms with van der Waals surface area (Å²) >= 11 is 0. The summed E-state index contributed by atoms with van der Waals surface area (Å²) in [5, 5.41) is 3.90. The molecule has 0 aromatic carbocycles. The Morgan fingerprint density at radius 3 is 2.12 bits per heavy atom. The molecule has 0 aliphatic heterocycles. The zero-order valence-corrected chi connectivity index (χ0v) is 11.4. The van der Waals surface area contributed by atoms with E-state index in [-0.39, 0.29) is 0 Å². The van der Waals surface area contributed by atoms with Crippen molar-refractivity contribution in [2.45, 2.75) is 71.8 Å². The van der Waals surface area contributed by atoms with Crippen molar-refractivity contribution < 1.29 is 0 Å². The summed E-state index contributed by atoms with van der Waals surface area (Å²) in [5.41, 5.74) is 0.608. The summed E-state index contributed by atoms with van der Waals surface area (Å²) in [7, 11) is 0. The Morgan fingerprint density at radius 1 is 1.00 bits per heavy atom. The molecule has 2 unspecified atom stereocenters. The molecular weight excluding hydrogens is 194 g/mol. The minimum atomic E-state index is 0.608. The van der Waals surface area contributed by atoms with Crippen LogP contribution in [0.2, 0.25) is 0 Å². The molecule has 0 radical (unpaired) electrons. The third-order valence-corrected chi connectivity index (χ3v) is 5.12. The second-order valence-electron chi connectivity index (χ2n) is 6.81. The van der Waals surface area contributed by atoms with Crippen LogP contribution in [-0.2, 0) is 0 Å². The lowest BCUT2D eigenvalue weighted by molar-refractivity contribution is 0.182. The van der Waals surface area contributed by atoms with Gasteiger partial charge in [-0.15, -0.1) is 0 Å². The molecule has 0 heterocycles. The molecule has 0 aromatic heterocycles. The van der Waals surface area contributed by atoms with Gasteiger partial charge in [0.05, 0.1) is 0 Å². The molecular formula is C15H29N. The Hall–Kier alpha value is -0.0400. The Morgan fingerprint density at radius 2 is 1.56 bits per heavy atom. The Kier molecular flexibility index (Phi) is 3.94. The summed E-state index contributed by atoms with van der Waals surface area (Å²) < 4.78 is 0. The first-order chi connectivity index (χ1) is 7.61. The molecule has 16 heavy (non-hydrogen) atoms. The highest BCUT2D eigenvalue weighted by atomic mass is 14.9. The molecule has 0 aromatic rings. The maximum absolute atomic E-state index is 3.90. The van der Waals surface area contributed by atoms with Gasteiger partial charge >= 0.3 is 0 Å². The van der Waals surface area contributed by atoms with Gasteiger partial charge in [-0.05, 0) is 42.9 Å². The molecule has 0 amide bonds. The summed E-state index contributed by atoms with van der Waals surface area (Å²) in [6, 6.07) is 0.783. The Bertz CT molecular complexity index is 207. The SMILES string of the molecule is CC1CCCC(C)C1NCC1(C)CCCC1. The normalized spacial score (nSPS) is 38.8. The van der Waals surface area contributed by atoms with Gasteiger partial charge in [0.2, 0.25) is 0 Å². The predicted octanol–water partition coefficient (Wildman–Crippen LogP) is 3.98. The quantitative estimate of drug-likeness (QED) is 0.763. The van der Waals surface area contributed by atoms with Gasteiger partial charge < -0.3 is 5.32 Å². The summed E-state index contributed by atoms with van der Waals surface area (Å²) in [6.45, 7) is 8.60. The van der Waals surface area contributed by atoms with E-state index in [1.54, 1.807) is 0 Å². The van der Waals surface area contributed by atoms with Crippen molar-refractivity contribution in [3.63, 3.8) is 0 Å². The first kappa shape index (κ1) is 12.4. The molecule has 1 N–H and O–H groups in total. The van der Waals surface area contributed by atoms with Crippen LogP contribution >= 0.6 is 0 Å². The first-order valence-electron chi connectivity index (χ1n) is 7.34. The van der Waals surface area contributed by atoms with E-state index < -0.39 is 0 Å². The number of hydrogen-bond donors (Lipinski definition) is 1. The van der Waals surface area contributed by atoms with Gasteiger partial charge in [0.1, 0.15) is 0 Å². The highest BCUT2D eigenvalue weighted by Crippen LogP contribution is 2.37. The van der Waals surface area contributed by atoms with Gasteiger partial charge in [0, 0.05) is 12.6 Å². The lowest BCUT2D eigenvalue weighted by Crippen LogP contribution is -2.46. The largest absolute Gasteiger partial charge is 0.313 e. The summed E-state index contributed by atoms with van der Waals surface area (Å²) in [5.74, 6) is 1.77. The van der Waals surface area contributed by atoms with Crippen molar-refractivity contribution in [1.82, 2.24) is 5.32 Å². The van der Waals surface area contributed by atoms with Crippen molar-refractivity contribution in [2.75, 3.05) is 6.54 Å². The van der Waals surface area contributed by atoms with Crippen LogP contribution in [0.3, 0.4) is 0 Å². The maximum Gasteiger partial charge on any atom is 0.0118 e. The topological polar surface area (TPSA) is 12.0 Å². The number of hydrogen-bond acceptors (Lipinski definition) is 1. The molecule has 94 valence electrons. The Labute approximate surface area is 101 Å². The highest BCUT2D eigenvalue weighted by molar-refractivity contribution is 4.88. The van der Waals surface area contributed by atoms with E-state index in [0.29, 0.717) is 5.41 Å². The van der Waals surface area contributed by atoms with E-state index in [1.165, 1.54) is 51.5 Å².